The van der Waals surface area contributed by atoms with Crippen molar-refractivity contribution in [2.75, 3.05) is 54.4 Å². The Morgan fingerprint density at radius 2 is 0.558 bits per heavy atom. The van der Waals surface area contributed by atoms with Gasteiger partial charge in [0.25, 0.3) is 0 Å². The summed E-state index contributed by atoms with van der Waals surface area (Å²) in [7, 11) is 7.77. The first kappa shape index (κ1) is 101. The fraction of sp³-hybridized carbons (Fsp3) is 0.793. The maximum atomic E-state index is 12.3. The molecular formula is C87H167ClN4O3. The van der Waals surface area contributed by atoms with Gasteiger partial charge in [0, 0.05) is 26.1 Å². The highest BCUT2D eigenvalue weighted by Crippen LogP contribution is 2.21. The molecule has 0 radical (unpaired) electrons. The summed E-state index contributed by atoms with van der Waals surface area (Å²) in [6.07, 6.45) is 107. The van der Waals surface area contributed by atoms with Crippen LogP contribution in [0.15, 0.2) is 97.2 Å². The van der Waals surface area contributed by atoms with Crippen molar-refractivity contribution in [3.63, 3.8) is 0 Å². The van der Waals surface area contributed by atoms with E-state index in [1.807, 2.05) is 33.1 Å². The summed E-state index contributed by atoms with van der Waals surface area (Å²) in [6, 6.07) is 0. The zero-order valence-corrected chi connectivity index (χ0v) is 64.9. The number of amides is 1. The second kappa shape index (κ2) is 91.0. The number of carbonyl (C=O) groups is 2. The lowest BCUT2D eigenvalue weighted by atomic mass is 9.94. The first-order valence-electron chi connectivity index (χ1n) is 40.2. The molecule has 8 heteroatoms. The number of carbonyl (C=O) groups excluding carboxylic acids is 1. The van der Waals surface area contributed by atoms with Crippen molar-refractivity contribution in [2.24, 2.45) is 17.6 Å². The van der Waals surface area contributed by atoms with E-state index >= 15 is 0 Å². The number of nitrogens with two attached hydrogens (primary N) is 1. The van der Waals surface area contributed by atoms with Gasteiger partial charge in [-0.1, -0.05) is 312 Å². The third-order valence-corrected chi connectivity index (χ3v) is 17.7. The van der Waals surface area contributed by atoms with Crippen LogP contribution in [0.4, 0.5) is 0 Å². The van der Waals surface area contributed by atoms with Crippen LogP contribution >= 0.6 is 12.4 Å². The van der Waals surface area contributed by atoms with Gasteiger partial charge in [-0.2, -0.15) is 0 Å². The van der Waals surface area contributed by atoms with Crippen molar-refractivity contribution in [3.8, 4) is 0 Å². The van der Waals surface area contributed by atoms with E-state index < -0.39 is 5.97 Å². The number of hydrogen-bond acceptors (Lipinski definition) is 5. The van der Waals surface area contributed by atoms with Crippen molar-refractivity contribution >= 4 is 24.3 Å². The summed E-state index contributed by atoms with van der Waals surface area (Å²) in [5, 5.41) is 11.4. The number of aliphatic carboxylic acids is 1. The molecule has 95 heavy (non-hydrogen) atoms. The Bertz CT molecular complexity index is 1620. The predicted octanol–water partition coefficient (Wildman–Crippen LogP) is 27.1. The number of carboxylic acid groups (broad SMARTS) is 1. The van der Waals surface area contributed by atoms with Gasteiger partial charge >= 0.3 is 5.97 Å². The zero-order chi connectivity index (χ0) is 68.5. The van der Waals surface area contributed by atoms with Gasteiger partial charge in [0.1, 0.15) is 0 Å². The van der Waals surface area contributed by atoms with Gasteiger partial charge in [-0.3, -0.25) is 9.59 Å². The fourth-order valence-electron chi connectivity index (χ4n) is 11.4. The molecule has 0 aliphatic heterocycles. The second-order valence-corrected chi connectivity index (χ2v) is 27.8. The minimum Gasteiger partial charge on any atom is -0.481 e. The molecule has 0 spiro atoms. The highest BCUT2D eigenvalue weighted by molar-refractivity contribution is 5.85. The average molecular weight is 1350 g/mol. The average Bonchev–Trinajstić information content (AvgIpc) is 3.74. The van der Waals surface area contributed by atoms with E-state index in [0.29, 0.717) is 18.9 Å². The molecule has 0 aliphatic carbocycles. The second-order valence-electron chi connectivity index (χ2n) is 27.8. The first-order chi connectivity index (χ1) is 45.6. The standard InChI is InChI=1S/C43H80N2O.C38H71N.C5H11NO2.CH4.ClH/c1-5-7-9-11-13-15-17-19-21-23-25-27-29-31-33-35-37-42(41-44-43(46)39-40-45(3)4)38-36-34-32-30-28-26-24-22-20-18-16-14-12-10-8-6-2;1-3-5-7-9-11-13-15-17-19-21-23-25-27-29-31-33-35-38(37-39)36-34-32-30-28-26-24-22-20-18-16-14-12-10-8-6-4-2;1-6(2)4-3-5(7)8;;/h13-16,19-22,42H,5-12,17-18,23-41H2,1-4H3,(H,44,46);11-14,17-20,38H,3-10,15-16,21-37,39H2,1-2H3;3-4H2,1-2H3,(H,7,8);1H4;1H/b15-13-,16-14-,21-19-,22-20-;13-11-,14-12-,19-17-,20-18-;;;. The van der Waals surface area contributed by atoms with Crippen LogP contribution in [0.3, 0.4) is 0 Å². The number of unbranched alkanes of at least 4 members (excludes halogenated alkanes) is 36. The zero-order valence-electron chi connectivity index (χ0n) is 64.0. The van der Waals surface area contributed by atoms with E-state index in [1.165, 1.54) is 308 Å². The molecule has 0 rings (SSSR count). The number of carboxylic acids is 1. The Hall–Kier alpha value is -2.97. The van der Waals surface area contributed by atoms with E-state index in [4.69, 9.17) is 10.8 Å². The number of allylic oxidation sites excluding steroid dienone is 16. The molecule has 7 nitrogen and oxygen atoms in total. The van der Waals surface area contributed by atoms with Crippen LogP contribution in [-0.4, -0.2) is 81.2 Å². The number of rotatable bonds is 69. The molecule has 0 aromatic carbocycles. The number of nitrogens with zero attached hydrogens (tertiary/aromatic N) is 2. The highest BCUT2D eigenvalue weighted by Gasteiger charge is 2.12. The van der Waals surface area contributed by atoms with Crippen LogP contribution in [-0.2, 0) is 9.59 Å². The molecule has 0 heterocycles. The van der Waals surface area contributed by atoms with Crippen molar-refractivity contribution in [1.82, 2.24) is 15.1 Å². The van der Waals surface area contributed by atoms with Gasteiger partial charge in [0.2, 0.25) is 5.91 Å². The topological polar surface area (TPSA) is 98.9 Å². The van der Waals surface area contributed by atoms with Gasteiger partial charge in [0.15, 0.2) is 0 Å². The van der Waals surface area contributed by atoms with Gasteiger partial charge in [0.05, 0.1) is 6.42 Å². The monoisotopic (exact) mass is 1350 g/mol. The molecule has 0 aliphatic rings. The Morgan fingerprint density at radius 1 is 0.337 bits per heavy atom. The van der Waals surface area contributed by atoms with Crippen LogP contribution < -0.4 is 11.1 Å². The lowest BCUT2D eigenvalue weighted by Crippen LogP contribution is -2.31. The lowest BCUT2D eigenvalue weighted by molar-refractivity contribution is -0.137. The van der Waals surface area contributed by atoms with E-state index in [9.17, 15) is 9.59 Å². The smallest absolute Gasteiger partial charge is 0.304 e. The van der Waals surface area contributed by atoms with E-state index in [1.54, 1.807) is 0 Å². The Morgan fingerprint density at radius 3 is 0.779 bits per heavy atom. The van der Waals surface area contributed by atoms with Gasteiger partial charge in [-0.25, -0.2) is 0 Å². The number of halogens is 1. The van der Waals surface area contributed by atoms with Crippen LogP contribution in [0.1, 0.15) is 382 Å². The lowest BCUT2D eigenvalue weighted by Gasteiger charge is -2.18. The van der Waals surface area contributed by atoms with E-state index in [2.05, 4.69) is 135 Å². The fourth-order valence-corrected chi connectivity index (χ4v) is 11.4. The maximum absolute atomic E-state index is 12.3. The predicted molar refractivity (Wildman–Crippen MR) is 433 cm³/mol. The molecule has 0 unspecified atom stereocenters. The molecule has 0 atom stereocenters. The molecular weight excluding hydrogens is 1180 g/mol. The van der Waals surface area contributed by atoms with Gasteiger partial charge in [-0.15, -0.1) is 12.4 Å². The summed E-state index contributed by atoms with van der Waals surface area (Å²) >= 11 is 0. The quantitative estimate of drug-likeness (QED) is 0.0415. The SMILES string of the molecule is C.CCCCC/C=C\C/C=C\CCCCCCCCC(CCCCCCCC/C=C\C/C=C\CCCCC)CNC(=O)CCN(C)C.CCCCC/C=C\C/C=C\CCCCCCCCC(CN)CCCCCCCC/C=C\C/C=C\CCCCC.CN(C)CCC(=O)O.Cl. The number of nitrogens with one attached hydrogen (secondary N) is 1. The minimum absolute atomic E-state index is 0. The molecule has 560 valence electrons. The molecule has 0 aromatic heterocycles. The van der Waals surface area contributed by atoms with Gasteiger partial charge in [-0.05, 0) is 201 Å². The molecule has 0 aromatic rings. The Balaban J connectivity index is -0.000000503. The van der Waals surface area contributed by atoms with Crippen molar-refractivity contribution in [1.29, 1.82) is 0 Å². The van der Waals surface area contributed by atoms with Crippen molar-refractivity contribution in [2.45, 2.75) is 382 Å². The van der Waals surface area contributed by atoms with Gasteiger partial charge < -0.3 is 26.0 Å². The summed E-state index contributed by atoms with van der Waals surface area (Å²) in [5.74, 6) is 0.883. The summed E-state index contributed by atoms with van der Waals surface area (Å²) in [4.78, 5) is 26.2. The Labute approximate surface area is 601 Å². The van der Waals surface area contributed by atoms with E-state index in [0.717, 1.165) is 51.2 Å². The molecule has 0 saturated heterocycles. The van der Waals surface area contributed by atoms with Crippen LogP contribution in [0, 0.1) is 11.8 Å². The van der Waals surface area contributed by atoms with Crippen molar-refractivity contribution in [3.05, 3.63) is 97.2 Å². The summed E-state index contributed by atoms with van der Waals surface area (Å²) in [6.45, 7) is 12.3. The molecule has 0 fully saturated rings. The molecule has 0 bridgehead atoms. The largest absolute Gasteiger partial charge is 0.481 e. The highest BCUT2D eigenvalue weighted by atomic mass is 35.5. The Kier molecular flexibility index (Phi) is 96.5. The number of hydrogen-bond donors (Lipinski definition) is 3. The molecule has 4 N–H and O–H groups in total. The molecule has 1 amide bonds. The van der Waals surface area contributed by atoms with Crippen LogP contribution in [0.25, 0.3) is 0 Å². The third-order valence-electron chi connectivity index (χ3n) is 17.7. The van der Waals surface area contributed by atoms with E-state index in [-0.39, 0.29) is 32.2 Å². The molecule has 0 saturated carbocycles. The minimum atomic E-state index is -0.737. The van der Waals surface area contributed by atoms with Crippen LogP contribution in [0.2, 0.25) is 0 Å². The van der Waals surface area contributed by atoms with Crippen LogP contribution in [0.5, 0.6) is 0 Å². The summed E-state index contributed by atoms with van der Waals surface area (Å²) < 4.78 is 0. The normalized spacial score (nSPS) is 12.0. The summed E-state index contributed by atoms with van der Waals surface area (Å²) in [5.41, 5.74) is 6.08. The maximum Gasteiger partial charge on any atom is 0.304 e. The first-order valence-corrected chi connectivity index (χ1v) is 40.2. The third kappa shape index (κ3) is 97.5. The van der Waals surface area contributed by atoms with Crippen molar-refractivity contribution < 1.29 is 14.7 Å².